The molecule has 2 aliphatic heterocycles. The molecule has 30 heavy (non-hydrogen) atoms. The van der Waals surface area contributed by atoms with Crippen molar-refractivity contribution < 1.29 is 19.4 Å². The van der Waals surface area contributed by atoms with Gasteiger partial charge >= 0.3 is 0 Å². The summed E-state index contributed by atoms with van der Waals surface area (Å²) in [5, 5.41) is 10.6. The maximum absolute atomic E-state index is 13.1. The summed E-state index contributed by atoms with van der Waals surface area (Å²) >= 11 is 0. The van der Waals surface area contributed by atoms with Crippen molar-refractivity contribution in [2.45, 2.75) is 52.6 Å². The predicted octanol–water partition coefficient (Wildman–Crippen LogP) is 2.95. The highest BCUT2D eigenvalue weighted by molar-refractivity contribution is 5.81. The Kier molecular flexibility index (Phi) is 7.40. The van der Waals surface area contributed by atoms with E-state index in [4.69, 9.17) is 4.74 Å². The molecule has 2 aliphatic rings. The Labute approximate surface area is 180 Å². The van der Waals surface area contributed by atoms with Gasteiger partial charge in [-0.15, -0.1) is 0 Å². The van der Waals surface area contributed by atoms with Gasteiger partial charge in [-0.2, -0.15) is 0 Å². The van der Waals surface area contributed by atoms with E-state index in [9.17, 15) is 14.7 Å². The molecule has 166 valence electrons. The Balaban J connectivity index is 1.48. The van der Waals surface area contributed by atoms with Gasteiger partial charge in [-0.05, 0) is 42.7 Å². The molecular formula is C24H36N2O4. The quantitative estimate of drug-likeness (QED) is 0.801. The predicted molar refractivity (Wildman–Crippen MR) is 116 cm³/mol. The molecule has 2 saturated heterocycles. The summed E-state index contributed by atoms with van der Waals surface area (Å²) in [4.78, 5) is 29.3. The molecule has 3 unspecified atom stereocenters. The van der Waals surface area contributed by atoms with Crippen molar-refractivity contribution in [2.75, 3.05) is 32.8 Å². The van der Waals surface area contributed by atoms with E-state index in [0.717, 1.165) is 25.0 Å². The maximum Gasteiger partial charge on any atom is 0.227 e. The van der Waals surface area contributed by atoms with E-state index in [1.807, 2.05) is 35.2 Å². The fraction of sp³-hybridized carbons (Fsp3) is 0.667. The lowest BCUT2D eigenvalue weighted by molar-refractivity contribution is -0.145. The van der Waals surface area contributed by atoms with Crippen molar-refractivity contribution >= 4 is 11.8 Å². The van der Waals surface area contributed by atoms with Gasteiger partial charge in [0.2, 0.25) is 11.8 Å². The molecule has 0 aromatic heterocycles. The number of rotatable bonds is 5. The number of ether oxygens (including phenoxy) is 1. The summed E-state index contributed by atoms with van der Waals surface area (Å²) in [5.74, 6) is 0.912. The molecule has 0 saturated carbocycles. The average Bonchev–Trinajstić information content (AvgIpc) is 2.73. The summed E-state index contributed by atoms with van der Waals surface area (Å²) in [6.45, 7) is 9.02. The van der Waals surface area contributed by atoms with Crippen molar-refractivity contribution in [3.05, 3.63) is 30.3 Å². The van der Waals surface area contributed by atoms with Gasteiger partial charge < -0.3 is 19.6 Å². The van der Waals surface area contributed by atoms with Crippen LogP contribution in [0.25, 0.3) is 0 Å². The lowest BCUT2D eigenvalue weighted by Gasteiger charge is -2.44. The Bertz CT molecular complexity index is 716. The zero-order chi connectivity index (χ0) is 21.7. The van der Waals surface area contributed by atoms with Crippen LogP contribution in [0.15, 0.2) is 30.3 Å². The highest BCUT2D eigenvalue weighted by Gasteiger charge is 2.39. The van der Waals surface area contributed by atoms with Gasteiger partial charge in [0.1, 0.15) is 5.75 Å². The lowest BCUT2D eigenvalue weighted by Crippen LogP contribution is -2.53. The van der Waals surface area contributed by atoms with E-state index in [1.165, 1.54) is 0 Å². The van der Waals surface area contributed by atoms with Crippen molar-refractivity contribution in [3.63, 3.8) is 0 Å². The first kappa shape index (κ1) is 22.6. The monoisotopic (exact) mass is 416 g/mol. The number of carbonyl (C=O) groups is 2. The molecule has 0 radical (unpaired) electrons. The van der Waals surface area contributed by atoms with Crippen LogP contribution in [-0.4, -0.2) is 65.6 Å². The molecule has 2 heterocycles. The number of amides is 2. The van der Waals surface area contributed by atoms with Crippen LogP contribution < -0.4 is 4.74 Å². The number of hydrogen-bond acceptors (Lipinski definition) is 4. The van der Waals surface area contributed by atoms with Crippen molar-refractivity contribution in [1.82, 2.24) is 9.80 Å². The van der Waals surface area contributed by atoms with Gasteiger partial charge in [0.25, 0.3) is 0 Å². The van der Waals surface area contributed by atoms with Crippen LogP contribution in [0.2, 0.25) is 0 Å². The largest absolute Gasteiger partial charge is 0.493 e. The Morgan fingerprint density at radius 3 is 2.47 bits per heavy atom. The zero-order valence-corrected chi connectivity index (χ0v) is 18.5. The molecule has 0 bridgehead atoms. The third kappa shape index (κ3) is 5.75. The van der Waals surface area contributed by atoms with E-state index >= 15 is 0 Å². The lowest BCUT2D eigenvalue weighted by atomic mass is 9.73. The number of hydrogen-bond donors (Lipinski definition) is 1. The molecular weight excluding hydrogens is 380 g/mol. The van der Waals surface area contributed by atoms with Crippen LogP contribution in [0.1, 0.15) is 46.5 Å². The molecule has 1 N–H and O–H groups in total. The second-order valence-electron chi connectivity index (χ2n) is 9.70. The van der Waals surface area contributed by atoms with E-state index in [2.05, 4.69) is 20.8 Å². The number of aliphatic hydroxyl groups is 1. The fourth-order valence-electron chi connectivity index (χ4n) is 4.74. The van der Waals surface area contributed by atoms with Gasteiger partial charge in [0.15, 0.2) is 0 Å². The standard InChI is InChI=1S/C24H36N2O4/c1-24(2,3)20-11-14-26(17-21(20)27)23(29)18-8-7-13-25(16-18)22(28)12-15-30-19-9-5-4-6-10-19/h4-6,9-10,18,20-21,27H,7-8,11-17H2,1-3H3. The van der Waals surface area contributed by atoms with Gasteiger partial charge in [-0.25, -0.2) is 0 Å². The van der Waals surface area contributed by atoms with Crippen LogP contribution >= 0.6 is 0 Å². The van der Waals surface area contributed by atoms with E-state index in [-0.39, 0.29) is 29.1 Å². The third-order valence-corrected chi connectivity index (χ3v) is 6.46. The molecule has 0 aliphatic carbocycles. The average molecular weight is 417 g/mol. The number of β-amino-alcohol motifs (C(OH)–C–C–N with tert-alkyl or cyclic N) is 1. The molecule has 6 heteroatoms. The van der Waals surface area contributed by atoms with Gasteiger partial charge in [0, 0.05) is 26.2 Å². The SMILES string of the molecule is CC(C)(C)C1CCN(C(=O)C2CCCN(C(=O)CCOc3ccccc3)C2)CC1O. The van der Waals surface area contributed by atoms with E-state index in [0.29, 0.717) is 39.2 Å². The Morgan fingerprint density at radius 1 is 1.07 bits per heavy atom. The minimum absolute atomic E-state index is 0.0322. The van der Waals surface area contributed by atoms with Crippen LogP contribution in [0, 0.1) is 17.3 Å². The number of benzene rings is 1. The summed E-state index contributed by atoms with van der Waals surface area (Å²) in [6, 6.07) is 9.47. The van der Waals surface area contributed by atoms with Gasteiger partial charge in [-0.1, -0.05) is 39.0 Å². The third-order valence-electron chi connectivity index (χ3n) is 6.46. The second-order valence-corrected chi connectivity index (χ2v) is 9.70. The van der Waals surface area contributed by atoms with Crippen LogP contribution in [0.4, 0.5) is 0 Å². The summed E-state index contributed by atoms with van der Waals surface area (Å²) in [6.07, 6.45) is 2.29. The summed E-state index contributed by atoms with van der Waals surface area (Å²) in [7, 11) is 0. The second kappa shape index (κ2) is 9.82. The van der Waals surface area contributed by atoms with Gasteiger partial charge in [-0.3, -0.25) is 9.59 Å². The van der Waals surface area contributed by atoms with E-state index in [1.54, 1.807) is 4.90 Å². The molecule has 1 aromatic carbocycles. The topological polar surface area (TPSA) is 70.1 Å². The molecule has 0 spiro atoms. The number of nitrogens with zero attached hydrogens (tertiary/aromatic N) is 2. The number of aliphatic hydroxyl groups excluding tert-OH is 1. The minimum atomic E-state index is -0.487. The van der Waals surface area contributed by atoms with E-state index < -0.39 is 6.10 Å². The normalized spacial score (nSPS) is 25.1. The van der Waals surface area contributed by atoms with Crippen LogP contribution in [0.5, 0.6) is 5.75 Å². The molecule has 3 atom stereocenters. The first-order valence-electron chi connectivity index (χ1n) is 11.2. The number of likely N-dealkylation sites (tertiary alicyclic amines) is 2. The summed E-state index contributed by atoms with van der Waals surface area (Å²) < 4.78 is 5.64. The highest BCUT2D eigenvalue weighted by atomic mass is 16.5. The Hall–Kier alpha value is -2.08. The summed E-state index contributed by atoms with van der Waals surface area (Å²) in [5.41, 5.74) is 0.0322. The molecule has 2 fully saturated rings. The van der Waals surface area contributed by atoms with Crippen LogP contribution in [-0.2, 0) is 9.59 Å². The number of para-hydroxylation sites is 1. The molecule has 2 amide bonds. The number of piperidine rings is 2. The minimum Gasteiger partial charge on any atom is -0.493 e. The maximum atomic E-state index is 13.1. The smallest absolute Gasteiger partial charge is 0.227 e. The first-order chi connectivity index (χ1) is 14.3. The zero-order valence-electron chi connectivity index (χ0n) is 18.5. The fourth-order valence-corrected chi connectivity index (χ4v) is 4.74. The molecule has 1 aromatic rings. The Morgan fingerprint density at radius 2 is 1.80 bits per heavy atom. The van der Waals surface area contributed by atoms with Crippen molar-refractivity contribution in [2.24, 2.45) is 17.3 Å². The van der Waals surface area contributed by atoms with Crippen LogP contribution in [0.3, 0.4) is 0 Å². The highest BCUT2D eigenvalue weighted by Crippen LogP contribution is 2.35. The van der Waals surface area contributed by atoms with Crippen molar-refractivity contribution in [1.29, 1.82) is 0 Å². The molecule has 3 rings (SSSR count). The number of carbonyl (C=O) groups excluding carboxylic acids is 2. The molecule has 6 nitrogen and oxygen atoms in total. The first-order valence-corrected chi connectivity index (χ1v) is 11.2. The van der Waals surface area contributed by atoms with Gasteiger partial charge in [0.05, 0.1) is 25.0 Å². The van der Waals surface area contributed by atoms with Crippen molar-refractivity contribution in [3.8, 4) is 5.75 Å².